The molecule has 1 aliphatic heterocycles. The van der Waals surface area contributed by atoms with Crippen LogP contribution in [0.15, 0.2) is 71.5 Å². The Morgan fingerprint density at radius 1 is 1.09 bits per heavy atom. The smallest absolute Gasteiger partial charge is 0.229 e. The second-order valence-electron chi connectivity index (χ2n) is 8.67. The van der Waals surface area contributed by atoms with Gasteiger partial charge in [0, 0.05) is 53.1 Å². The minimum absolute atomic E-state index is 0.392. The molecule has 4 N–H and O–H groups in total. The van der Waals surface area contributed by atoms with E-state index in [1.54, 1.807) is 6.20 Å². The van der Waals surface area contributed by atoms with Crippen molar-refractivity contribution in [2.24, 2.45) is 0 Å². The summed E-state index contributed by atoms with van der Waals surface area (Å²) in [6, 6.07) is 17.4. The molecular formula is C26H25BrN6. The van der Waals surface area contributed by atoms with Crippen molar-refractivity contribution in [2.75, 3.05) is 23.7 Å². The molecule has 2 unspecified atom stereocenters. The van der Waals surface area contributed by atoms with Gasteiger partial charge in [0.25, 0.3) is 0 Å². The maximum atomic E-state index is 4.75. The minimum Gasteiger partial charge on any atom is -0.366 e. The van der Waals surface area contributed by atoms with Crippen LogP contribution in [0.25, 0.3) is 16.5 Å². The molecule has 1 aliphatic carbocycles. The van der Waals surface area contributed by atoms with Gasteiger partial charge in [-0.3, -0.25) is 0 Å². The minimum atomic E-state index is 0.392. The molecule has 0 bridgehead atoms. The van der Waals surface area contributed by atoms with E-state index in [-0.39, 0.29) is 0 Å². The maximum Gasteiger partial charge on any atom is 0.229 e. The number of fused-ring (bicyclic) bond motifs is 1. The van der Waals surface area contributed by atoms with E-state index in [4.69, 9.17) is 4.98 Å². The van der Waals surface area contributed by atoms with Gasteiger partial charge >= 0.3 is 0 Å². The average molecular weight is 501 g/mol. The van der Waals surface area contributed by atoms with Crippen LogP contribution in [0.4, 0.5) is 17.5 Å². The van der Waals surface area contributed by atoms with Crippen molar-refractivity contribution in [1.82, 2.24) is 20.3 Å². The number of H-pyrrole nitrogens is 1. The average Bonchev–Trinajstić information content (AvgIpc) is 3.50. The molecule has 0 spiro atoms. The zero-order valence-electron chi connectivity index (χ0n) is 18.1. The molecule has 0 radical (unpaired) electrons. The highest BCUT2D eigenvalue weighted by Crippen LogP contribution is 2.43. The summed E-state index contributed by atoms with van der Waals surface area (Å²) in [5, 5.41) is 11.6. The number of hydrogen-bond acceptors (Lipinski definition) is 5. The van der Waals surface area contributed by atoms with E-state index in [0.29, 0.717) is 17.9 Å². The summed E-state index contributed by atoms with van der Waals surface area (Å²) in [5.74, 6) is 1.93. The van der Waals surface area contributed by atoms with Crippen molar-refractivity contribution in [1.29, 1.82) is 0 Å². The third kappa shape index (κ3) is 4.26. The Morgan fingerprint density at radius 3 is 2.85 bits per heavy atom. The summed E-state index contributed by atoms with van der Waals surface area (Å²) in [6.07, 6.45) is 8.35. The van der Waals surface area contributed by atoms with E-state index in [9.17, 15) is 0 Å². The summed E-state index contributed by atoms with van der Waals surface area (Å²) in [4.78, 5) is 12.6. The predicted molar refractivity (Wildman–Crippen MR) is 138 cm³/mol. The van der Waals surface area contributed by atoms with E-state index in [2.05, 4.69) is 103 Å². The van der Waals surface area contributed by atoms with Gasteiger partial charge in [0.15, 0.2) is 0 Å². The van der Waals surface area contributed by atoms with Crippen LogP contribution in [0.1, 0.15) is 29.9 Å². The van der Waals surface area contributed by atoms with Crippen LogP contribution in [0.3, 0.4) is 0 Å². The molecule has 1 fully saturated rings. The van der Waals surface area contributed by atoms with Crippen molar-refractivity contribution in [2.45, 2.75) is 24.8 Å². The van der Waals surface area contributed by atoms with Crippen LogP contribution < -0.4 is 16.0 Å². The highest BCUT2D eigenvalue weighted by molar-refractivity contribution is 9.10. The van der Waals surface area contributed by atoms with Crippen molar-refractivity contribution in [3.8, 4) is 0 Å². The van der Waals surface area contributed by atoms with Gasteiger partial charge in [0.2, 0.25) is 5.95 Å². The first-order valence-electron chi connectivity index (χ1n) is 11.4. The Morgan fingerprint density at radius 2 is 2.00 bits per heavy atom. The van der Waals surface area contributed by atoms with Crippen molar-refractivity contribution in [3.63, 3.8) is 0 Å². The topological polar surface area (TPSA) is 77.7 Å². The van der Waals surface area contributed by atoms with E-state index >= 15 is 0 Å². The number of aromatic amines is 1. The number of hydrogen-bond donors (Lipinski definition) is 4. The van der Waals surface area contributed by atoms with E-state index < -0.39 is 0 Å². The van der Waals surface area contributed by atoms with Crippen LogP contribution in [-0.4, -0.2) is 34.1 Å². The molecule has 2 atom stereocenters. The van der Waals surface area contributed by atoms with Gasteiger partial charge in [0.05, 0.1) is 4.47 Å². The Hall–Kier alpha value is -3.16. The lowest BCUT2D eigenvalue weighted by atomic mass is 9.99. The van der Waals surface area contributed by atoms with Gasteiger partial charge in [-0.05, 0) is 64.7 Å². The first kappa shape index (κ1) is 20.4. The Balaban J connectivity index is 1.21. The first-order valence-corrected chi connectivity index (χ1v) is 12.2. The number of rotatable bonds is 6. The summed E-state index contributed by atoms with van der Waals surface area (Å²) in [6.45, 7) is 1.94. The number of aromatic nitrogens is 3. The molecule has 4 aromatic rings. The molecule has 6 rings (SSSR count). The largest absolute Gasteiger partial charge is 0.366 e. The second-order valence-corrected chi connectivity index (χ2v) is 9.52. The van der Waals surface area contributed by atoms with Gasteiger partial charge in [-0.15, -0.1) is 0 Å². The fraction of sp³-hybridized carbons (Fsp3) is 0.231. The van der Waals surface area contributed by atoms with Crippen LogP contribution in [0.5, 0.6) is 0 Å². The SMILES string of the molecule is Brc1cnc(Nc2ccc3[nH]cc(C4=CCNCC4)c3c2)nc1NC1CC1c1ccccc1. The normalized spacial score (nSPS) is 19.8. The third-order valence-corrected chi connectivity index (χ3v) is 7.01. The fourth-order valence-corrected chi connectivity index (χ4v) is 4.89. The number of anilines is 3. The van der Waals surface area contributed by atoms with Gasteiger partial charge in [0.1, 0.15) is 5.82 Å². The second kappa shape index (κ2) is 8.65. The molecule has 0 amide bonds. The van der Waals surface area contributed by atoms with Gasteiger partial charge < -0.3 is 20.9 Å². The number of nitrogens with one attached hydrogen (secondary N) is 4. The highest BCUT2D eigenvalue weighted by atomic mass is 79.9. The lowest BCUT2D eigenvalue weighted by Gasteiger charge is -2.14. The molecule has 33 heavy (non-hydrogen) atoms. The molecule has 2 aromatic carbocycles. The van der Waals surface area contributed by atoms with Gasteiger partial charge in [-0.2, -0.15) is 4.98 Å². The molecule has 0 saturated heterocycles. The molecule has 2 aliphatic rings. The molecule has 6 nitrogen and oxygen atoms in total. The van der Waals surface area contributed by atoms with Crippen LogP contribution in [-0.2, 0) is 0 Å². The Bertz CT molecular complexity index is 1330. The molecular weight excluding hydrogens is 476 g/mol. The third-order valence-electron chi connectivity index (χ3n) is 6.43. The molecule has 3 heterocycles. The summed E-state index contributed by atoms with van der Waals surface area (Å²) in [7, 11) is 0. The lowest BCUT2D eigenvalue weighted by Crippen LogP contribution is -2.19. The maximum absolute atomic E-state index is 4.75. The molecule has 1 saturated carbocycles. The van der Waals surface area contributed by atoms with Crippen LogP contribution >= 0.6 is 15.9 Å². The van der Waals surface area contributed by atoms with Gasteiger partial charge in [-0.1, -0.05) is 36.4 Å². The summed E-state index contributed by atoms with van der Waals surface area (Å²) < 4.78 is 0.868. The molecule has 2 aromatic heterocycles. The predicted octanol–water partition coefficient (Wildman–Crippen LogP) is 5.81. The van der Waals surface area contributed by atoms with Crippen molar-refractivity contribution >= 4 is 49.9 Å². The first-order chi connectivity index (χ1) is 16.2. The Kier molecular flexibility index (Phi) is 5.36. The fourth-order valence-electron chi connectivity index (χ4n) is 4.59. The van der Waals surface area contributed by atoms with E-state index in [1.165, 1.54) is 22.1 Å². The van der Waals surface area contributed by atoms with Crippen LogP contribution in [0.2, 0.25) is 0 Å². The number of halogens is 1. The van der Waals surface area contributed by atoms with Crippen molar-refractivity contribution < 1.29 is 0 Å². The zero-order chi connectivity index (χ0) is 22.2. The molecule has 7 heteroatoms. The Labute approximate surface area is 201 Å². The van der Waals surface area contributed by atoms with Crippen LogP contribution in [0, 0.1) is 0 Å². The van der Waals surface area contributed by atoms with Gasteiger partial charge in [-0.25, -0.2) is 4.98 Å². The zero-order valence-corrected chi connectivity index (χ0v) is 19.7. The standard InChI is InChI=1S/C26H25BrN6/c27-22-15-30-26(33-25(22)32-24-13-19(24)16-4-2-1-3-5-16)31-18-6-7-23-20(12-18)21(14-29-23)17-8-10-28-11-9-17/h1-8,12,14-15,19,24,28-29H,9-11,13H2,(H2,30,31,32,33). The quantitative estimate of drug-likeness (QED) is 0.268. The molecule has 166 valence electrons. The number of nitrogens with zero attached hydrogens (tertiary/aromatic N) is 2. The summed E-state index contributed by atoms with van der Waals surface area (Å²) >= 11 is 3.60. The monoisotopic (exact) mass is 500 g/mol. The van der Waals surface area contributed by atoms with E-state index in [0.717, 1.165) is 47.4 Å². The van der Waals surface area contributed by atoms with Crippen molar-refractivity contribution in [3.05, 3.63) is 82.6 Å². The summed E-state index contributed by atoms with van der Waals surface area (Å²) in [5.41, 5.74) is 6.14. The number of benzene rings is 2. The van der Waals surface area contributed by atoms with E-state index in [1.807, 2.05) is 0 Å². The lowest BCUT2D eigenvalue weighted by molar-refractivity contribution is 0.739. The highest BCUT2D eigenvalue weighted by Gasteiger charge is 2.38.